The summed E-state index contributed by atoms with van der Waals surface area (Å²) in [6.07, 6.45) is 1.76. The molecule has 19 heavy (non-hydrogen) atoms. The minimum atomic E-state index is -3.92. The fourth-order valence-corrected chi connectivity index (χ4v) is 2.56. The van der Waals surface area contributed by atoms with Crippen molar-refractivity contribution in [1.82, 2.24) is 0 Å². The van der Waals surface area contributed by atoms with Crippen LogP contribution in [0.5, 0.6) is 0 Å². The first-order chi connectivity index (χ1) is 8.93. The van der Waals surface area contributed by atoms with Crippen molar-refractivity contribution in [2.24, 2.45) is 0 Å². The maximum atomic E-state index is 11.5. The summed E-state index contributed by atoms with van der Waals surface area (Å²) < 4.78 is 21.4. The van der Waals surface area contributed by atoms with Crippen LogP contribution in [0.3, 0.4) is 0 Å². The molecular weight excluding hydrogens is 265 g/mol. The minimum absolute atomic E-state index is 0.180. The molecule has 1 rings (SSSR count). The van der Waals surface area contributed by atoms with Gasteiger partial charge in [0, 0.05) is 5.69 Å². The lowest BCUT2D eigenvalue weighted by Crippen LogP contribution is -2.07. The Bertz CT molecular complexity index is 438. The maximum absolute atomic E-state index is 11.5. The highest BCUT2D eigenvalue weighted by molar-refractivity contribution is 7.47. The summed E-state index contributed by atoms with van der Waals surface area (Å²) in [7, 11) is -3.92. The molecule has 2 atom stereocenters. The molecule has 0 amide bonds. The van der Waals surface area contributed by atoms with Gasteiger partial charge in [-0.05, 0) is 43.9 Å². The predicted octanol–water partition coefficient (Wildman–Crippen LogP) is 3.13. The predicted molar refractivity (Wildman–Crippen MR) is 75.8 cm³/mol. The molecule has 0 saturated carbocycles. The highest BCUT2D eigenvalue weighted by atomic mass is 31.2. The van der Waals surface area contributed by atoms with E-state index in [0.29, 0.717) is 18.5 Å². The first-order valence-electron chi connectivity index (χ1n) is 6.43. The third-order valence-corrected chi connectivity index (χ3v) is 3.84. The molecule has 6 heteroatoms. The summed E-state index contributed by atoms with van der Waals surface area (Å²) in [4.78, 5) is 9.45. The van der Waals surface area contributed by atoms with Gasteiger partial charge in [-0.25, -0.2) is 4.57 Å². The summed E-state index contributed by atoms with van der Waals surface area (Å²) in [5.74, 6) is 0. The van der Waals surface area contributed by atoms with Crippen molar-refractivity contribution >= 4 is 13.5 Å². The lowest BCUT2D eigenvalue weighted by Gasteiger charge is -2.16. The standard InChI is InChI=1S/C13H22NO4P/c1-3-11(2)18-19(15,16)17-9-5-7-12-6-4-8-13(14)10-12/h4,6,8,10-11H,3,5,7,9,14H2,1-2H3,(H,15,16). The van der Waals surface area contributed by atoms with E-state index in [1.54, 1.807) is 6.92 Å². The average Bonchev–Trinajstić information content (AvgIpc) is 2.34. The molecule has 0 aliphatic heterocycles. The fraction of sp³-hybridized carbons (Fsp3) is 0.538. The van der Waals surface area contributed by atoms with Gasteiger partial charge in [0.1, 0.15) is 0 Å². The van der Waals surface area contributed by atoms with Gasteiger partial charge in [0.05, 0.1) is 12.7 Å². The van der Waals surface area contributed by atoms with Gasteiger partial charge in [0.15, 0.2) is 0 Å². The molecule has 0 aliphatic rings. The second-order valence-electron chi connectivity index (χ2n) is 4.47. The molecule has 2 unspecified atom stereocenters. The van der Waals surface area contributed by atoms with Crippen LogP contribution in [0.1, 0.15) is 32.3 Å². The monoisotopic (exact) mass is 287 g/mol. The van der Waals surface area contributed by atoms with Gasteiger partial charge in [0.25, 0.3) is 0 Å². The Labute approximate surface area is 114 Å². The molecule has 0 spiro atoms. The number of anilines is 1. The number of nitrogen functional groups attached to an aromatic ring is 1. The van der Waals surface area contributed by atoms with E-state index in [9.17, 15) is 9.46 Å². The second kappa shape index (κ2) is 7.65. The van der Waals surface area contributed by atoms with E-state index in [4.69, 9.17) is 14.8 Å². The number of phosphoric ester groups is 1. The van der Waals surface area contributed by atoms with E-state index in [-0.39, 0.29) is 12.7 Å². The van der Waals surface area contributed by atoms with Crippen LogP contribution in [0.25, 0.3) is 0 Å². The van der Waals surface area contributed by atoms with Crippen molar-refractivity contribution in [2.45, 2.75) is 39.2 Å². The Morgan fingerprint density at radius 2 is 2.21 bits per heavy atom. The minimum Gasteiger partial charge on any atom is -0.399 e. The van der Waals surface area contributed by atoms with Crippen molar-refractivity contribution in [3.8, 4) is 0 Å². The normalized spacial score (nSPS) is 15.9. The number of nitrogens with two attached hydrogens (primary N) is 1. The third-order valence-electron chi connectivity index (χ3n) is 2.70. The lowest BCUT2D eigenvalue weighted by atomic mass is 10.1. The smallest absolute Gasteiger partial charge is 0.399 e. The molecular formula is C13H22NO4P. The molecule has 0 heterocycles. The number of rotatable bonds is 8. The summed E-state index contributed by atoms with van der Waals surface area (Å²) >= 11 is 0. The van der Waals surface area contributed by atoms with Crippen molar-refractivity contribution < 1.29 is 18.5 Å². The van der Waals surface area contributed by atoms with Crippen LogP contribution in [-0.2, 0) is 20.0 Å². The zero-order valence-corrected chi connectivity index (χ0v) is 12.3. The van der Waals surface area contributed by atoms with Crippen LogP contribution in [-0.4, -0.2) is 17.6 Å². The van der Waals surface area contributed by atoms with Crippen LogP contribution in [0.4, 0.5) is 5.69 Å². The Kier molecular flexibility index (Phi) is 6.52. The largest absolute Gasteiger partial charge is 0.472 e. The van der Waals surface area contributed by atoms with E-state index >= 15 is 0 Å². The van der Waals surface area contributed by atoms with Crippen LogP contribution >= 0.6 is 7.82 Å². The maximum Gasteiger partial charge on any atom is 0.472 e. The first-order valence-corrected chi connectivity index (χ1v) is 7.92. The van der Waals surface area contributed by atoms with Gasteiger partial charge < -0.3 is 10.6 Å². The summed E-state index contributed by atoms with van der Waals surface area (Å²) in [5, 5.41) is 0. The quantitative estimate of drug-likeness (QED) is 0.436. The van der Waals surface area contributed by atoms with Gasteiger partial charge >= 0.3 is 7.82 Å². The second-order valence-corrected chi connectivity index (χ2v) is 5.88. The molecule has 0 radical (unpaired) electrons. The van der Waals surface area contributed by atoms with E-state index in [0.717, 1.165) is 12.0 Å². The fourth-order valence-electron chi connectivity index (χ4n) is 1.54. The summed E-state index contributed by atoms with van der Waals surface area (Å²) in [6, 6.07) is 7.55. The molecule has 3 N–H and O–H groups in total. The summed E-state index contributed by atoms with van der Waals surface area (Å²) in [6.45, 7) is 3.79. The third kappa shape index (κ3) is 6.73. The van der Waals surface area contributed by atoms with Crippen molar-refractivity contribution in [2.75, 3.05) is 12.3 Å². The van der Waals surface area contributed by atoms with Crippen molar-refractivity contribution in [3.05, 3.63) is 29.8 Å². The molecule has 0 aromatic heterocycles. The van der Waals surface area contributed by atoms with E-state index in [2.05, 4.69) is 0 Å². The van der Waals surface area contributed by atoms with Gasteiger partial charge in [-0.15, -0.1) is 0 Å². The Balaban J connectivity index is 2.28. The van der Waals surface area contributed by atoms with Gasteiger partial charge in [-0.2, -0.15) is 0 Å². The summed E-state index contributed by atoms with van der Waals surface area (Å²) in [5.41, 5.74) is 7.46. The van der Waals surface area contributed by atoms with Gasteiger partial charge in [0.2, 0.25) is 0 Å². The molecule has 1 aromatic rings. The Morgan fingerprint density at radius 3 is 2.84 bits per heavy atom. The lowest BCUT2D eigenvalue weighted by molar-refractivity contribution is 0.110. The molecule has 0 aliphatic carbocycles. The van der Waals surface area contributed by atoms with Gasteiger partial charge in [-0.1, -0.05) is 19.1 Å². The Morgan fingerprint density at radius 1 is 1.47 bits per heavy atom. The average molecular weight is 287 g/mol. The van der Waals surface area contributed by atoms with Crippen LogP contribution in [0, 0.1) is 0 Å². The number of phosphoric acid groups is 1. The van der Waals surface area contributed by atoms with Crippen molar-refractivity contribution in [3.63, 3.8) is 0 Å². The van der Waals surface area contributed by atoms with Crippen molar-refractivity contribution in [1.29, 1.82) is 0 Å². The topological polar surface area (TPSA) is 81.8 Å². The van der Waals surface area contributed by atoms with E-state index in [1.807, 2.05) is 31.2 Å². The van der Waals surface area contributed by atoms with E-state index < -0.39 is 7.82 Å². The zero-order chi connectivity index (χ0) is 14.3. The number of hydrogen-bond donors (Lipinski definition) is 2. The first kappa shape index (κ1) is 16.2. The van der Waals surface area contributed by atoms with Crippen LogP contribution in [0.15, 0.2) is 24.3 Å². The molecule has 108 valence electrons. The SMILES string of the molecule is CCC(C)OP(=O)(O)OCCCc1cccc(N)c1. The molecule has 1 aromatic carbocycles. The van der Waals surface area contributed by atoms with Crippen LogP contribution < -0.4 is 5.73 Å². The molecule has 0 saturated heterocycles. The molecule has 5 nitrogen and oxygen atoms in total. The molecule has 0 bridgehead atoms. The molecule has 0 fully saturated rings. The number of benzene rings is 1. The number of aryl methyl sites for hydroxylation is 1. The highest BCUT2D eigenvalue weighted by Crippen LogP contribution is 2.44. The van der Waals surface area contributed by atoms with Crippen LogP contribution in [0.2, 0.25) is 0 Å². The number of hydrogen-bond acceptors (Lipinski definition) is 4. The Hall–Kier alpha value is -0.870. The zero-order valence-electron chi connectivity index (χ0n) is 11.4. The highest BCUT2D eigenvalue weighted by Gasteiger charge is 2.23. The van der Waals surface area contributed by atoms with Gasteiger partial charge in [-0.3, -0.25) is 9.05 Å². The van der Waals surface area contributed by atoms with E-state index in [1.165, 1.54) is 0 Å².